The molecule has 1 unspecified atom stereocenters. The molecule has 368 valence electrons. The van der Waals surface area contributed by atoms with Gasteiger partial charge in [0.1, 0.15) is 0 Å². The number of hydrogen-bond acceptors (Lipinski definition) is 3. The van der Waals surface area contributed by atoms with Crippen LogP contribution in [-0.4, -0.2) is 19.5 Å². The maximum Gasteiger partial charge on any atom is 0.164 e. The Morgan fingerprint density at radius 3 is 1.22 bits per heavy atom. The molecule has 0 fully saturated rings. The molecule has 0 bridgehead atoms. The van der Waals surface area contributed by atoms with E-state index in [1.165, 1.54) is 44.2 Å². The quantitative estimate of drug-likeness (QED) is 0.137. The summed E-state index contributed by atoms with van der Waals surface area (Å²) < 4.78 is 2.50. The smallest absolute Gasteiger partial charge is 0.164 e. The summed E-state index contributed by atoms with van der Waals surface area (Å²) in [4.78, 5) is 16.1. The Balaban J connectivity index is 1.08. The van der Waals surface area contributed by atoms with Gasteiger partial charge in [0.2, 0.25) is 0 Å². The van der Waals surface area contributed by atoms with Crippen LogP contribution < -0.4 is 0 Å². The summed E-state index contributed by atoms with van der Waals surface area (Å²) in [6.45, 7) is 6.82. The zero-order valence-corrected chi connectivity index (χ0v) is 43.5. The van der Waals surface area contributed by atoms with Gasteiger partial charge in [-0.25, -0.2) is 15.0 Å². The fourth-order valence-corrected chi connectivity index (χ4v) is 11.0. The molecule has 4 heteroatoms. The summed E-state index contributed by atoms with van der Waals surface area (Å²) in [6.07, 6.45) is 9.76. The first kappa shape index (κ1) is 47.2. The molecule has 2 heterocycles. The molecule has 1 atom stereocenters. The Kier molecular flexibility index (Phi) is 12.2. The third-order valence-electron chi connectivity index (χ3n) is 15.2. The fraction of sp³-hybridized carbons (Fsp3) is 0.0822. The van der Waals surface area contributed by atoms with Gasteiger partial charge < -0.3 is 4.57 Å². The zero-order chi connectivity index (χ0) is 51.9. The number of aromatic nitrogens is 4. The van der Waals surface area contributed by atoms with Gasteiger partial charge in [0, 0.05) is 44.5 Å². The van der Waals surface area contributed by atoms with Crippen LogP contribution in [0.25, 0.3) is 117 Å². The second-order valence-electron chi connectivity index (χ2n) is 21.2. The van der Waals surface area contributed by atoms with Crippen LogP contribution in [0.1, 0.15) is 44.2 Å². The molecular weight excluding hydrogens is 933 g/mol. The van der Waals surface area contributed by atoms with E-state index in [1.807, 2.05) is 0 Å². The van der Waals surface area contributed by atoms with Crippen LogP contribution >= 0.6 is 0 Å². The molecule has 12 aromatic rings. The predicted octanol–water partition coefficient (Wildman–Crippen LogP) is 19.2. The molecule has 0 N–H and O–H groups in total. The van der Waals surface area contributed by atoms with Crippen molar-refractivity contribution in [3.63, 3.8) is 0 Å². The summed E-state index contributed by atoms with van der Waals surface area (Å²) in [5.41, 5.74) is 19.9. The van der Waals surface area contributed by atoms with E-state index < -0.39 is 0 Å². The number of hydrogen-bond donors (Lipinski definition) is 0. The van der Waals surface area contributed by atoms with E-state index in [9.17, 15) is 0 Å². The average Bonchev–Trinajstić information content (AvgIpc) is 3.85. The van der Waals surface area contributed by atoms with E-state index in [1.54, 1.807) is 0 Å². The van der Waals surface area contributed by atoms with Gasteiger partial charge in [0.15, 0.2) is 17.5 Å². The first-order valence-corrected chi connectivity index (χ1v) is 26.7. The van der Waals surface area contributed by atoms with E-state index in [0.29, 0.717) is 23.4 Å². The lowest BCUT2D eigenvalue weighted by Crippen LogP contribution is -2.10. The minimum Gasteiger partial charge on any atom is -0.308 e. The molecule has 0 aliphatic heterocycles. The van der Waals surface area contributed by atoms with Gasteiger partial charge >= 0.3 is 0 Å². The Morgan fingerprint density at radius 1 is 0.364 bits per heavy atom. The van der Waals surface area contributed by atoms with E-state index >= 15 is 0 Å². The van der Waals surface area contributed by atoms with Crippen LogP contribution in [-0.2, 0) is 5.41 Å². The Hall–Kier alpha value is -9.51. The zero-order valence-electron chi connectivity index (χ0n) is 43.5. The number of nitrogens with zero attached hydrogens (tertiary/aromatic N) is 4. The number of fused-ring (bicyclic) bond motifs is 3. The van der Waals surface area contributed by atoms with E-state index in [4.69, 9.17) is 15.0 Å². The standard InChI is InChI=1S/C73H56N4/c1-73(2,3)62-41-37-56(38-42-62)64-48-61(72-75-70(57-33-29-53(30-34-57)49-19-9-4-10-20-49)74-71(76-72)58-35-31-54(32-36-58)50-21-11-5-12-22-50)47-63(55-27-17-8-18-28-55)69(64)77-67-43-39-59(51-23-13-6-14-24-51)45-65(67)66-46-60(40-44-68(66)77)52-25-15-7-16-26-52/h4-21,23-48,50H,22H2,1-3H3. The van der Waals surface area contributed by atoms with E-state index in [2.05, 4.69) is 292 Å². The molecule has 77 heavy (non-hydrogen) atoms. The molecule has 1 aliphatic rings. The SMILES string of the molecule is CC(C)(C)c1ccc(-c2cc(-c3nc(-c4ccc(-c5ccccc5)cc4)nc(-c4ccc(C5C=CC=CC5)cc4)n3)cc(-c3ccccc3)c2-n2c3ccc(-c4ccccc4)cc3c3cc(-c4ccccc4)ccc32)cc1. The highest BCUT2D eigenvalue weighted by Crippen LogP contribution is 2.46. The number of allylic oxidation sites excluding steroid dienone is 4. The maximum absolute atomic E-state index is 5.44. The molecule has 13 rings (SSSR count). The molecule has 0 radical (unpaired) electrons. The molecule has 10 aromatic carbocycles. The highest BCUT2D eigenvalue weighted by atomic mass is 15.0. The molecule has 0 saturated heterocycles. The second-order valence-corrected chi connectivity index (χ2v) is 21.2. The van der Waals surface area contributed by atoms with E-state index in [0.717, 1.165) is 73.2 Å². The van der Waals surface area contributed by atoms with Crippen LogP contribution in [0, 0.1) is 0 Å². The lowest BCUT2D eigenvalue weighted by molar-refractivity contribution is 0.590. The molecule has 4 nitrogen and oxygen atoms in total. The fourth-order valence-electron chi connectivity index (χ4n) is 11.0. The molecule has 2 aromatic heterocycles. The Bertz CT molecular complexity index is 4050. The second kappa shape index (κ2) is 20.0. The third-order valence-corrected chi connectivity index (χ3v) is 15.2. The minimum absolute atomic E-state index is 0.0303. The first-order valence-electron chi connectivity index (χ1n) is 26.7. The predicted molar refractivity (Wildman–Crippen MR) is 322 cm³/mol. The summed E-state index contributed by atoms with van der Waals surface area (Å²) in [5, 5.41) is 2.37. The molecule has 0 spiro atoms. The third kappa shape index (κ3) is 9.29. The van der Waals surface area contributed by atoms with Crippen molar-refractivity contribution in [3.05, 3.63) is 278 Å². The monoisotopic (exact) mass is 988 g/mol. The Labute approximate surface area is 451 Å². The largest absolute Gasteiger partial charge is 0.308 e. The highest BCUT2D eigenvalue weighted by Gasteiger charge is 2.25. The topological polar surface area (TPSA) is 43.6 Å². The van der Waals surface area contributed by atoms with Crippen molar-refractivity contribution in [3.8, 4) is 95.5 Å². The first-order chi connectivity index (χ1) is 37.8. The van der Waals surface area contributed by atoms with Crippen molar-refractivity contribution in [2.75, 3.05) is 0 Å². The normalized spacial score (nSPS) is 13.4. The summed E-state index contributed by atoms with van der Waals surface area (Å²) >= 11 is 0. The van der Waals surface area contributed by atoms with Crippen molar-refractivity contribution in [1.29, 1.82) is 0 Å². The molecule has 1 aliphatic carbocycles. The average molecular weight is 989 g/mol. The maximum atomic E-state index is 5.44. The van der Waals surface area contributed by atoms with Crippen molar-refractivity contribution in [2.24, 2.45) is 0 Å². The van der Waals surface area contributed by atoms with Crippen LogP contribution in [0.15, 0.2) is 267 Å². The lowest BCUT2D eigenvalue weighted by atomic mass is 9.85. The van der Waals surface area contributed by atoms with Crippen LogP contribution in [0.4, 0.5) is 0 Å². The highest BCUT2D eigenvalue weighted by molar-refractivity contribution is 6.13. The summed E-state index contributed by atoms with van der Waals surface area (Å²) in [7, 11) is 0. The molecular formula is C73H56N4. The summed E-state index contributed by atoms with van der Waals surface area (Å²) in [6, 6.07) is 87.8. The van der Waals surface area contributed by atoms with Gasteiger partial charge in [0.25, 0.3) is 0 Å². The number of rotatable bonds is 10. The molecule has 0 saturated carbocycles. The van der Waals surface area contributed by atoms with Crippen molar-refractivity contribution >= 4 is 21.8 Å². The van der Waals surface area contributed by atoms with Gasteiger partial charge in [-0.2, -0.15) is 0 Å². The van der Waals surface area contributed by atoms with Crippen molar-refractivity contribution < 1.29 is 0 Å². The summed E-state index contributed by atoms with van der Waals surface area (Å²) in [5.74, 6) is 2.16. The van der Waals surface area contributed by atoms with Gasteiger partial charge in [-0.15, -0.1) is 0 Å². The van der Waals surface area contributed by atoms with Crippen molar-refractivity contribution in [2.45, 2.75) is 38.5 Å². The van der Waals surface area contributed by atoms with Crippen LogP contribution in [0.5, 0.6) is 0 Å². The van der Waals surface area contributed by atoms with E-state index in [-0.39, 0.29) is 5.41 Å². The van der Waals surface area contributed by atoms with Gasteiger partial charge in [-0.3, -0.25) is 0 Å². The minimum atomic E-state index is -0.0303. The van der Waals surface area contributed by atoms with Gasteiger partial charge in [-0.05, 0) is 104 Å². The Morgan fingerprint density at radius 2 is 0.753 bits per heavy atom. The van der Waals surface area contributed by atoms with Crippen LogP contribution in [0.2, 0.25) is 0 Å². The van der Waals surface area contributed by atoms with Gasteiger partial charge in [-0.1, -0.05) is 251 Å². The van der Waals surface area contributed by atoms with Gasteiger partial charge in [0.05, 0.1) is 16.7 Å². The molecule has 0 amide bonds. The number of benzene rings is 10. The van der Waals surface area contributed by atoms with Crippen LogP contribution in [0.3, 0.4) is 0 Å². The lowest BCUT2D eigenvalue weighted by Gasteiger charge is -2.22. The van der Waals surface area contributed by atoms with Crippen molar-refractivity contribution in [1.82, 2.24) is 19.5 Å².